The Balaban J connectivity index is 1.77. The summed E-state index contributed by atoms with van der Waals surface area (Å²) >= 11 is 5.23. The summed E-state index contributed by atoms with van der Waals surface area (Å²) in [5.41, 5.74) is 1.50. The number of rotatable bonds is 4. The van der Waals surface area contributed by atoms with Gasteiger partial charge in [0.25, 0.3) is 0 Å². The lowest BCUT2D eigenvalue weighted by atomic mass is 9.86. The molecule has 1 unspecified atom stereocenters. The van der Waals surface area contributed by atoms with Gasteiger partial charge in [-0.3, -0.25) is 9.69 Å². The molecule has 0 radical (unpaired) electrons. The summed E-state index contributed by atoms with van der Waals surface area (Å²) in [7, 11) is 2.10. The first-order valence-corrected chi connectivity index (χ1v) is 12.3. The van der Waals surface area contributed by atoms with E-state index in [0.717, 1.165) is 44.8 Å². The van der Waals surface area contributed by atoms with E-state index in [2.05, 4.69) is 23.3 Å². The molecule has 0 spiro atoms. The highest BCUT2D eigenvalue weighted by Crippen LogP contribution is 2.55. The van der Waals surface area contributed by atoms with Crippen molar-refractivity contribution < 1.29 is 9.90 Å². The lowest BCUT2D eigenvalue weighted by molar-refractivity contribution is -0.116. The third-order valence-electron chi connectivity index (χ3n) is 4.90. The van der Waals surface area contributed by atoms with Gasteiger partial charge in [-0.1, -0.05) is 36.9 Å². The van der Waals surface area contributed by atoms with Crippen molar-refractivity contribution in [3.05, 3.63) is 53.6 Å². The van der Waals surface area contributed by atoms with Crippen molar-refractivity contribution in [2.24, 2.45) is 0 Å². The number of anilines is 1. The minimum atomic E-state index is -1.10. The molecular weight excluding hydrogens is 408 g/mol. The number of carbonyl (C=O) groups excluding carboxylic acids is 1. The van der Waals surface area contributed by atoms with Crippen LogP contribution in [0.3, 0.4) is 0 Å². The van der Waals surface area contributed by atoms with E-state index in [0.29, 0.717) is 6.42 Å². The number of aliphatic hydroxyl groups is 1. The number of nitrogens with zero attached hydrogens (tertiary/aromatic N) is 1. The predicted molar refractivity (Wildman–Crippen MR) is 120 cm³/mol. The van der Waals surface area contributed by atoms with Crippen LogP contribution in [0.1, 0.15) is 30.9 Å². The van der Waals surface area contributed by atoms with Gasteiger partial charge in [0, 0.05) is 44.8 Å². The Labute approximate surface area is 178 Å². The van der Waals surface area contributed by atoms with E-state index in [9.17, 15) is 9.90 Å². The Hall–Kier alpha value is -1.12. The number of thioether (sulfide) groups is 2. The van der Waals surface area contributed by atoms with Crippen LogP contribution in [0.5, 0.6) is 0 Å². The zero-order chi connectivity index (χ0) is 19.7. The SMILES string of the molecule is CCCC(=O)Nc1ccc2c(c1)C(O)(C1SCN(C)CS1)c1ccccc1S2. The number of nitrogens with one attached hydrogen (secondary N) is 1. The molecule has 2 aliphatic rings. The van der Waals surface area contributed by atoms with Gasteiger partial charge in [-0.2, -0.15) is 0 Å². The summed E-state index contributed by atoms with van der Waals surface area (Å²) in [5.74, 6) is 1.78. The zero-order valence-corrected chi connectivity index (χ0v) is 18.4. The quantitative estimate of drug-likeness (QED) is 0.725. The van der Waals surface area contributed by atoms with Crippen LogP contribution in [-0.2, 0) is 10.4 Å². The van der Waals surface area contributed by atoms with E-state index in [1.165, 1.54) is 0 Å². The fraction of sp³-hybridized carbons (Fsp3) is 0.381. The molecule has 4 rings (SSSR count). The van der Waals surface area contributed by atoms with Gasteiger partial charge >= 0.3 is 0 Å². The van der Waals surface area contributed by atoms with E-state index in [4.69, 9.17) is 0 Å². The van der Waals surface area contributed by atoms with Crippen LogP contribution in [0.4, 0.5) is 5.69 Å². The average Bonchev–Trinajstić information content (AvgIpc) is 2.69. The molecule has 7 heteroatoms. The van der Waals surface area contributed by atoms with Crippen molar-refractivity contribution in [2.45, 2.75) is 39.7 Å². The molecule has 2 aromatic rings. The van der Waals surface area contributed by atoms with Crippen LogP contribution in [0.2, 0.25) is 0 Å². The summed E-state index contributed by atoms with van der Waals surface area (Å²) in [6.45, 7) is 1.99. The zero-order valence-electron chi connectivity index (χ0n) is 16.0. The second kappa shape index (κ2) is 8.32. The van der Waals surface area contributed by atoms with Gasteiger partial charge in [-0.15, -0.1) is 23.5 Å². The molecule has 148 valence electrons. The average molecular weight is 433 g/mol. The first-order chi connectivity index (χ1) is 13.5. The topological polar surface area (TPSA) is 52.6 Å². The first-order valence-electron chi connectivity index (χ1n) is 9.38. The standard InChI is InChI=1S/C21H24N2O2S3/c1-3-6-19(24)22-14-9-10-18-16(11-14)21(25,20-26-12-23(2)13-27-20)15-7-4-5-8-17(15)28-18/h4-5,7-11,20,25H,3,6,12-13H2,1-2H3,(H,22,24). The van der Waals surface area contributed by atoms with Crippen molar-refractivity contribution in [1.29, 1.82) is 0 Å². The summed E-state index contributed by atoms with van der Waals surface area (Å²) in [6, 6.07) is 14.0. The van der Waals surface area contributed by atoms with Crippen molar-refractivity contribution in [1.82, 2.24) is 4.90 Å². The number of amides is 1. The first kappa shape index (κ1) is 20.2. The van der Waals surface area contributed by atoms with Crippen molar-refractivity contribution in [3.8, 4) is 0 Å². The van der Waals surface area contributed by atoms with Crippen LogP contribution in [0.25, 0.3) is 0 Å². The minimum absolute atomic E-state index is 0.00825. The summed E-state index contributed by atoms with van der Waals surface area (Å²) in [6.07, 6.45) is 1.31. The van der Waals surface area contributed by atoms with Crippen molar-refractivity contribution >= 4 is 46.9 Å². The maximum atomic E-state index is 12.2. The van der Waals surface area contributed by atoms with Gasteiger partial charge in [0.05, 0.1) is 4.58 Å². The van der Waals surface area contributed by atoms with E-state index >= 15 is 0 Å². The molecule has 2 aromatic carbocycles. The van der Waals surface area contributed by atoms with Gasteiger partial charge in [-0.05, 0) is 37.7 Å². The lowest BCUT2D eigenvalue weighted by Gasteiger charge is -2.43. The van der Waals surface area contributed by atoms with E-state index in [1.807, 2.05) is 43.3 Å². The van der Waals surface area contributed by atoms with Crippen LogP contribution >= 0.6 is 35.3 Å². The fourth-order valence-electron chi connectivity index (χ4n) is 3.55. The molecule has 2 aliphatic heterocycles. The molecule has 1 saturated heterocycles. The third kappa shape index (κ3) is 3.71. The summed E-state index contributed by atoms with van der Waals surface area (Å²) in [5, 5.41) is 15.1. The molecule has 0 bridgehead atoms. The Morgan fingerprint density at radius 1 is 1.18 bits per heavy atom. The number of hydrogen-bond acceptors (Lipinski definition) is 6. The molecule has 4 nitrogen and oxygen atoms in total. The van der Waals surface area contributed by atoms with Crippen molar-refractivity contribution in [3.63, 3.8) is 0 Å². The van der Waals surface area contributed by atoms with E-state index < -0.39 is 5.60 Å². The van der Waals surface area contributed by atoms with Gasteiger partial charge in [0.2, 0.25) is 5.91 Å². The van der Waals surface area contributed by atoms with Gasteiger partial charge < -0.3 is 10.4 Å². The fourth-order valence-corrected chi connectivity index (χ4v) is 7.55. The number of fused-ring (bicyclic) bond motifs is 2. The number of hydrogen-bond donors (Lipinski definition) is 2. The maximum absolute atomic E-state index is 12.2. The highest BCUT2D eigenvalue weighted by atomic mass is 32.2. The Kier molecular flexibility index (Phi) is 5.99. The van der Waals surface area contributed by atoms with Crippen LogP contribution < -0.4 is 5.32 Å². The second-order valence-electron chi connectivity index (χ2n) is 7.15. The maximum Gasteiger partial charge on any atom is 0.224 e. The second-order valence-corrected chi connectivity index (χ2v) is 10.7. The predicted octanol–water partition coefficient (Wildman–Crippen LogP) is 4.78. The summed E-state index contributed by atoms with van der Waals surface area (Å²) < 4.78 is -0.00825. The van der Waals surface area contributed by atoms with Gasteiger partial charge in [-0.25, -0.2) is 0 Å². The Morgan fingerprint density at radius 2 is 1.89 bits per heavy atom. The lowest BCUT2D eigenvalue weighted by Crippen LogP contribution is -2.43. The largest absolute Gasteiger partial charge is 0.378 e. The van der Waals surface area contributed by atoms with E-state index in [1.54, 1.807) is 35.3 Å². The molecule has 1 amide bonds. The monoisotopic (exact) mass is 432 g/mol. The molecule has 2 N–H and O–H groups in total. The Bertz CT molecular complexity index is 884. The normalized spacial score (nSPS) is 22.4. The molecule has 0 aliphatic carbocycles. The minimum Gasteiger partial charge on any atom is -0.378 e. The van der Waals surface area contributed by atoms with Crippen LogP contribution in [-0.4, -0.2) is 39.3 Å². The van der Waals surface area contributed by atoms with Gasteiger partial charge in [0.1, 0.15) is 5.60 Å². The highest BCUT2D eigenvalue weighted by molar-refractivity contribution is 8.17. The molecule has 2 heterocycles. The molecule has 0 saturated carbocycles. The number of benzene rings is 2. The number of carbonyl (C=O) groups is 1. The summed E-state index contributed by atoms with van der Waals surface area (Å²) in [4.78, 5) is 16.5. The molecule has 28 heavy (non-hydrogen) atoms. The van der Waals surface area contributed by atoms with Crippen molar-refractivity contribution in [2.75, 3.05) is 24.1 Å². The van der Waals surface area contributed by atoms with Crippen LogP contribution in [0, 0.1) is 0 Å². The highest BCUT2D eigenvalue weighted by Gasteiger charge is 2.47. The molecular formula is C21H24N2O2S3. The van der Waals surface area contributed by atoms with Crippen LogP contribution in [0.15, 0.2) is 52.3 Å². The third-order valence-corrected chi connectivity index (χ3v) is 9.34. The van der Waals surface area contributed by atoms with Gasteiger partial charge in [0.15, 0.2) is 0 Å². The molecule has 1 fully saturated rings. The van der Waals surface area contributed by atoms with E-state index in [-0.39, 0.29) is 10.5 Å². The smallest absolute Gasteiger partial charge is 0.224 e. The molecule has 0 aromatic heterocycles. The molecule has 1 atom stereocenters. The Morgan fingerprint density at radius 3 is 2.64 bits per heavy atom.